The van der Waals surface area contributed by atoms with Crippen LogP contribution in [0, 0.1) is 11.2 Å². The molecule has 1 aromatic heterocycles. The third-order valence-corrected chi connectivity index (χ3v) is 5.67. The van der Waals surface area contributed by atoms with Gasteiger partial charge in [-0.25, -0.2) is 4.39 Å². The van der Waals surface area contributed by atoms with Gasteiger partial charge in [0.25, 0.3) is 0 Å². The summed E-state index contributed by atoms with van der Waals surface area (Å²) in [4.78, 5) is 5.08. The molecule has 0 saturated carbocycles. The van der Waals surface area contributed by atoms with E-state index in [1.165, 1.54) is 43.7 Å². The van der Waals surface area contributed by atoms with Crippen molar-refractivity contribution in [2.24, 2.45) is 5.41 Å². The minimum absolute atomic E-state index is 0.149. The minimum atomic E-state index is -0.149. The predicted molar refractivity (Wildman–Crippen MR) is 88.3 cm³/mol. The third-order valence-electron chi connectivity index (χ3n) is 4.94. The van der Waals surface area contributed by atoms with E-state index in [2.05, 4.69) is 26.6 Å². The number of benzene rings is 1. The monoisotopic (exact) mass is 316 g/mol. The second-order valence-corrected chi connectivity index (χ2v) is 7.64. The molecule has 0 radical (unpaired) electrons. The number of rotatable bonds is 4. The molecule has 2 aliphatic rings. The van der Waals surface area contributed by atoms with Gasteiger partial charge in [0.05, 0.1) is 0 Å². The largest absolute Gasteiger partial charge is 0.298 e. The van der Waals surface area contributed by atoms with Crippen LogP contribution in [0.3, 0.4) is 0 Å². The van der Waals surface area contributed by atoms with Gasteiger partial charge < -0.3 is 0 Å². The summed E-state index contributed by atoms with van der Waals surface area (Å²) in [5, 5.41) is 4.42. The molecular formula is C18H21FN2S. The first-order chi connectivity index (χ1) is 10.7. The van der Waals surface area contributed by atoms with Crippen LogP contribution in [0.5, 0.6) is 0 Å². The smallest absolute Gasteiger partial charge is 0.123 e. The number of hydrogen-bond donors (Lipinski definition) is 0. The fourth-order valence-corrected chi connectivity index (χ4v) is 4.58. The molecule has 1 spiro atoms. The summed E-state index contributed by atoms with van der Waals surface area (Å²) in [6.07, 6.45) is 1.32. The van der Waals surface area contributed by atoms with E-state index >= 15 is 0 Å². The molecule has 2 aliphatic heterocycles. The van der Waals surface area contributed by atoms with Gasteiger partial charge in [0.15, 0.2) is 0 Å². The molecule has 116 valence electrons. The number of halogens is 1. The van der Waals surface area contributed by atoms with Gasteiger partial charge in [0, 0.05) is 38.1 Å². The highest BCUT2D eigenvalue weighted by Gasteiger charge is 2.47. The highest BCUT2D eigenvalue weighted by atomic mass is 32.1. The Labute approximate surface area is 135 Å². The Morgan fingerprint density at radius 3 is 2.41 bits per heavy atom. The van der Waals surface area contributed by atoms with Crippen LogP contribution in [-0.4, -0.2) is 36.0 Å². The van der Waals surface area contributed by atoms with Gasteiger partial charge >= 0.3 is 0 Å². The normalized spacial score (nSPS) is 21.3. The Balaban J connectivity index is 1.28. The maximum atomic E-state index is 12.9. The molecule has 4 rings (SSSR count). The molecule has 2 saturated heterocycles. The lowest BCUT2D eigenvalue weighted by Crippen LogP contribution is -2.56. The molecular weight excluding hydrogens is 295 g/mol. The molecule has 3 heterocycles. The average Bonchev–Trinajstić information content (AvgIpc) is 3.11. The Bertz CT molecular complexity index is 617. The Morgan fingerprint density at radius 2 is 1.68 bits per heavy atom. The van der Waals surface area contributed by atoms with Crippen LogP contribution < -0.4 is 0 Å². The van der Waals surface area contributed by atoms with Crippen molar-refractivity contribution in [2.75, 3.05) is 26.2 Å². The fourth-order valence-electron chi connectivity index (χ4n) is 3.92. The zero-order chi connectivity index (χ0) is 15.0. The SMILES string of the molecule is Fc1ccc(CN2CC3(CCN(Cc4ccsc4)C3)C2)cc1. The van der Waals surface area contributed by atoms with Gasteiger partial charge in [-0.2, -0.15) is 11.3 Å². The molecule has 0 bridgehead atoms. The van der Waals surface area contributed by atoms with Crippen LogP contribution in [0.4, 0.5) is 4.39 Å². The summed E-state index contributed by atoms with van der Waals surface area (Å²) in [7, 11) is 0. The Hall–Kier alpha value is -1.23. The maximum Gasteiger partial charge on any atom is 0.123 e. The van der Waals surface area contributed by atoms with Crippen LogP contribution in [-0.2, 0) is 13.1 Å². The third kappa shape index (κ3) is 2.96. The zero-order valence-electron chi connectivity index (χ0n) is 12.7. The van der Waals surface area contributed by atoms with Gasteiger partial charge in [-0.15, -0.1) is 0 Å². The predicted octanol–water partition coefficient (Wildman–Crippen LogP) is 3.60. The quantitative estimate of drug-likeness (QED) is 0.850. The second kappa shape index (κ2) is 5.76. The lowest BCUT2D eigenvalue weighted by Gasteiger charge is -2.48. The van der Waals surface area contributed by atoms with E-state index in [-0.39, 0.29) is 5.82 Å². The fraction of sp³-hybridized carbons (Fsp3) is 0.444. The number of likely N-dealkylation sites (tertiary alicyclic amines) is 2. The van der Waals surface area contributed by atoms with Crippen molar-refractivity contribution in [2.45, 2.75) is 19.5 Å². The van der Waals surface area contributed by atoms with E-state index in [4.69, 9.17) is 0 Å². The van der Waals surface area contributed by atoms with E-state index in [0.717, 1.165) is 13.1 Å². The summed E-state index contributed by atoms with van der Waals surface area (Å²) >= 11 is 1.78. The van der Waals surface area contributed by atoms with Crippen molar-refractivity contribution in [1.29, 1.82) is 0 Å². The summed E-state index contributed by atoms with van der Waals surface area (Å²) in [6, 6.07) is 9.15. The molecule has 0 N–H and O–H groups in total. The first-order valence-corrected chi connectivity index (χ1v) is 8.85. The van der Waals surface area contributed by atoms with E-state index in [1.807, 2.05) is 12.1 Å². The molecule has 0 atom stereocenters. The molecule has 4 heteroatoms. The highest BCUT2D eigenvalue weighted by molar-refractivity contribution is 7.07. The number of nitrogens with zero attached hydrogens (tertiary/aromatic N) is 2. The topological polar surface area (TPSA) is 6.48 Å². The highest BCUT2D eigenvalue weighted by Crippen LogP contribution is 2.40. The van der Waals surface area contributed by atoms with Gasteiger partial charge in [-0.05, 0) is 53.1 Å². The molecule has 2 fully saturated rings. The molecule has 2 aromatic rings. The van der Waals surface area contributed by atoms with E-state index in [9.17, 15) is 4.39 Å². The first-order valence-electron chi connectivity index (χ1n) is 7.91. The van der Waals surface area contributed by atoms with E-state index < -0.39 is 0 Å². The standard InChI is InChI=1S/C18H21FN2S/c19-17-3-1-15(2-4-17)9-21-13-18(14-21)6-7-20(12-18)10-16-5-8-22-11-16/h1-5,8,11H,6-7,9-10,12-14H2. The van der Waals surface area contributed by atoms with E-state index in [0.29, 0.717) is 5.41 Å². The van der Waals surface area contributed by atoms with Crippen molar-refractivity contribution in [1.82, 2.24) is 9.80 Å². The molecule has 0 unspecified atom stereocenters. The molecule has 2 nitrogen and oxygen atoms in total. The summed E-state index contributed by atoms with van der Waals surface area (Å²) in [5.41, 5.74) is 3.17. The molecule has 0 aliphatic carbocycles. The van der Waals surface area contributed by atoms with Crippen LogP contribution in [0.25, 0.3) is 0 Å². The van der Waals surface area contributed by atoms with Crippen molar-refractivity contribution >= 4 is 11.3 Å². The van der Waals surface area contributed by atoms with Gasteiger partial charge in [0.2, 0.25) is 0 Å². The lowest BCUT2D eigenvalue weighted by molar-refractivity contribution is 0.00160. The molecule has 22 heavy (non-hydrogen) atoms. The van der Waals surface area contributed by atoms with Crippen molar-refractivity contribution in [3.63, 3.8) is 0 Å². The van der Waals surface area contributed by atoms with E-state index in [1.54, 1.807) is 23.5 Å². The average molecular weight is 316 g/mol. The van der Waals surface area contributed by atoms with Gasteiger partial charge in [-0.3, -0.25) is 9.80 Å². The van der Waals surface area contributed by atoms with Crippen LogP contribution in [0.2, 0.25) is 0 Å². The number of hydrogen-bond acceptors (Lipinski definition) is 3. The molecule has 0 amide bonds. The maximum absolute atomic E-state index is 12.9. The van der Waals surface area contributed by atoms with Crippen molar-refractivity contribution in [3.05, 3.63) is 58.0 Å². The van der Waals surface area contributed by atoms with Gasteiger partial charge in [0.1, 0.15) is 5.82 Å². The lowest BCUT2D eigenvalue weighted by atomic mass is 9.79. The van der Waals surface area contributed by atoms with Crippen molar-refractivity contribution < 1.29 is 4.39 Å². The number of thiophene rings is 1. The minimum Gasteiger partial charge on any atom is -0.298 e. The zero-order valence-corrected chi connectivity index (χ0v) is 13.5. The van der Waals surface area contributed by atoms with Crippen LogP contribution in [0.1, 0.15) is 17.5 Å². The second-order valence-electron chi connectivity index (χ2n) is 6.86. The van der Waals surface area contributed by atoms with Crippen molar-refractivity contribution in [3.8, 4) is 0 Å². The van der Waals surface area contributed by atoms with Crippen LogP contribution >= 0.6 is 11.3 Å². The summed E-state index contributed by atoms with van der Waals surface area (Å²) < 4.78 is 12.9. The van der Waals surface area contributed by atoms with Gasteiger partial charge in [-0.1, -0.05) is 12.1 Å². The summed E-state index contributed by atoms with van der Waals surface area (Å²) in [5.74, 6) is -0.149. The summed E-state index contributed by atoms with van der Waals surface area (Å²) in [6.45, 7) is 6.87. The first kappa shape index (κ1) is 14.4. The Kier molecular flexibility index (Phi) is 3.76. The molecule has 1 aromatic carbocycles. The Morgan fingerprint density at radius 1 is 0.955 bits per heavy atom. The van der Waals surface area contributed by atoms with Crippen LogP contribution in [0.15, 0.2) is 41.1 Å².